The second-order valence-electron chi connectivity index (χ2n) is 4.51. The Morgan fingerprint density at radius 2 is 1.67 bits per heavy atom. The molecule has 2 aromatic rings. The zero-order valence-corrected chi connectivity index (χ0v) is 15.2. The van der Waals surface area contributed by atoms with E-state index in [2.05, 4.69) is 15.9 Å². The lowest BCUT2D eigenvalue weighted by atomic mass is 10.2. The average Bonchev–Trinajstić information content (AvgIpc) is 2.36. The molecule has 0 bridgehead atoms. The third-order valence-corrected chi connectivity index (χ3v) is 6.11. The maximum atomic E-state index is 12.7. The van der Waals surface area contributed by atoms with Gasteiger partial charge in [0.1, 0.15) is 4.90 Å². The van der Waals surface area contributed by atoms with Crippen LogP contribution in [-0.2, 0) is 10.0 Å². The van der Waals surface area contributed by atoms with Gasteiger partial charge in [0.25, 0.3) is 10.0 Å². The molecule has 2 aromatic carbocycles. The van der Waals surface area contributed by atoms with Crippen molar-refractivity contribution in [2.75, 3.05) is 11.4 Å². The summed E-state index contributed by atoms with van der Waals surface area (Å²) >= 11 is 15.4. The first-order valence-corrected chi connectivity index (χ1v) is 8.92. The first-order chi connectivity index (χ1) is 9.73. The minimum atomic E-state index is -3.84. The van der Waals surface area contributed by atoms with Crippen molar-refractivity contribution in [2.24, 2.45) is 0 Å². The van der Waals surface area contributed by atoms with Gasteiger partial charge in [0.05, 0.1) is 15.7 Å². The van der Waals surface area contributed by atoms with Crippen LogP contribution >= 0.6 is 39.1 Å². The van der Waals surface area contributed by atoms with E-state index < -0.39 is 10.0 Å². The molecule has 0 aliphatic rings. The Bertz CT molecular complexity index is 770. The molecule has 3 nitrogen and oxygen atoms in total. The highest BCUT2D eigenvalue weighted by Gasteiger charge is 2.27. The van der Waals surface area contributed by atoms with Crippen LogP contribution in [0.4, 0.5) is 5.69 Å². The number of benzene rings is 2. The zero-order chi connectivity index (χ0) is 15.8. The number of rotatable bonds is 3. The molecule has 2 rings (SSSR count). The van der Waals surface area contributed by atoms with Crippen molar-refractivity contribution in [1.29, 1.82) is 0 Å². The molecule has 0 unspecified atom stereocenters. The Balaban J connectivity index is 2.57. The largest absolute Gasteiger partial charge is 0.269 e. The summed E-state index contributed by atoms with van der Waals surface area (Å²) in [7, 11) is -2.37. The van der Waals surface area contributed by atoms with E-state index in [-0.39, 0.29) is 14.9 Å². The Morgan fingerprint density at radius 3 is 2.19 bits per heavy atom. The summed E-state index contributed by atoms with van der Waals surface area (Å²) in [6, 6.07) is 10.2. The van der Waals surface area contributed by atoms with Crippen molar-refractivity contribution < 1.29 is 8.42 Å². The molecule has 0 spiro atoms. The number of hydrogen-bond acceptors (Lipinski definition) is 2. The van der Waals surface area contributed by atoms with Crippen LogP contribution in [0.2, 0.25) is 10.0 Å². The van der Waals surface area contributed by atoms with Gasteiger partial charge >= 0.3 is 0 Å². The molecule has 0 aliphatic heterocycles. The van der Waals surface area contributed by atoms with E-state index in [9.17, 15) is 8.42 Å². The van der Waals surface area contributed by atoms with Crippen molar-refractivity contribution in [3.63, 3.8) is 0 Å². The maximum absolute atomic E-state index is 12.7. The van der Waals surface area contributed by atoms with Crippen LogP contribution in [0.3, 0.4) is 0 Å². The summed E-state index contributed by atoms with van der Waals surface area (Å²) in [4.78, 5) is -0.0990. The lowest BCUT2D eigenvalue weighted by Gasteiger charge is -2.21. The molecule has 0 saturated heterocycles. The number of sulfonamides is 1. The summed E-state index contributed by atoms with van der Waals surface area (Å²) in [5.74, 6) is 0. The van der Waals surface area contributed by atoms with E-state index in [1.807, 2.05) is 13.0 Å². The molecule has 0 fully saturated rings. The molecule has 7 heteroatoms. The minimum absolute atomic E-state index is 0.0777. The van der Waals surface area contributed by atoms with E-state index in [0.29, 0.717) is 10.2 Å². The van der Waals surface area contributed by atoms with Gasteiger partial charge in [-0.1, -0.05) is 51.3 Å². The van der Waals surface area contributed by atoms with Crippen LogP contribution < -0.4 is 4.31 Å². The van der Waals surface area contributed by atoms with Crippen LogP contribution in [0.15, 0.2) is 45.8 Å². The van der Waals surface area contributed by atoms with Gasteiger partial charge in [-0.25, -0.2) is 8.42 Å². The smallest absolute Gasteiger partial charge is 0.267 e. The van der Waals surface area contributed by atoms with Gasteiger partial charge in [-0.2, -0.15) is 0 Å². The maximum Gasteiger partial charge on any atom is 0.267 e. The molecule has 0 saturated carbocycles. The standard InChI is InChI=1S/C14H12BrCl2NO2S/c1-9-4-3-5-11(6-9)18(2)21(19,20)14-12(16)7-10(15)8-13(14)17/h3-8H,1-2H3. The molecule has 0 N–H and O–H groups in total. The predicted molar refractivity (Wildman–Crippen MR) is 90.9 cm³/mol. The van der Waals surface area contributed by atoms with Crippen LogP contribution in [-0.4, -0.2) is 15.5 Å². The van der Waals surface area contributed by atoms with E-state index in [4.69, 9.17) is 23.2 Å². The molecule has 0 aliphatic carbocycles. The van der Waals surface area contributed by atoms with Gasteiger partial charge < -0.3 is 0 Å². The van der Waals surface area contributed by atoms with Crippen LogP contribution in [0.25, 0.3) is 0 Å². The van der Waals surface area contributed by atoms with Gasteiger partial charge in [0.15, 0.2) is 0 Å². The lowest BCUT2D eigenvalue weighted by molar-refractivity contribution is 0.594. The summed E-state index contributed by atoms with van der Waals surface area (Å²) in [6.07, 6.45) is 0. The molecule has 21 heavy (non-hydrogen) atoms. The van der Waals surface area contributed by atoms with Crippen molar-refractivity contribution in [2.45, 2.75) is 11.8 Å². The van der Waals surface area contributed by atoms with E-state index in [0.717, 1.165) is 5.56 Å². The average molecular weight is 409 g/mol. The fraction of sp³-hybridized carbons (Fsp3) is 0.143. The SMILES string of the molecule is Cc1cccc(N(C)S(=O)(=O)c2c(Cl)cc(Br)cc2Cl)c1. The zero-order valence-electron chi connectivity index (χ0n) is 11.3. The molecule has 0 atom stereocenters. The van der Waals surface area contributed by atoms with Crippen molar-refractivity contribution >= 4 is 54.8 Å². The molecule has 0 radical (unpaired) electrons. The quantitative estimate of drug-likeness (QED) is 0.724. The number of anilines is 1. The highest BCUT2D eigenvalue weighted by atomic mass is 79.9. The molecule has 0 aromatic heterocycles. The van der Waals surface area contributed by atoms with Gasteiger partial charge in [-0.15, -0.1) is 0 Å². The topological polar surface area (TPSA) is 37.4 Å². The number of hydrogen-bond donors (Lipinski definition) is 0. The van der Waals surface area contributed by atoms with Gasteiger partial charge in [0, 0.05) is 11.5 Å². The molecule has 0 heterocycles. The summed E-state index contributed by atoms with van der Waals surface area (Å²) in [5, 5.41) is 0.155. The number of nitrogens with zero attached hydrogens (tertiary/aromatic N) is 1. The Morgan fingerprint density at radius 1 is 1.10 bits per heavy atom. The fourth-order valence-electron chi connectivity index (χ4n) is 1.87. The summed E-state index contributed by atoms with van der Waals surface area (Å²) in [6.45, 7) is 1.89. The lowest BCUT2D eigenvalue weighted by Crippen LogP contribution is -2.27. The molecular formula is C14H12BrCl2NO2S. The van der Waals surface area contributed by atoms with Crippen molar-refractivity contribution in [1.82, 2.24) is 0 Å². The second-order valence-corrected chi connectivity index (χ2v) is 8.15. The third kappa shape index (κ3) is 3.37. The van der Waals surface area contributed by atoms with Crippen LogP contribution in [0.5, 0.6) is 0 Å². The van der Waals surface area contributed by atoms with Gasteiger partial charge in [-0.3, -0.25) is 4.31 Å². The first kappa shape index (κ1) is 16.6. The Hall–Kier alpha value is -0.750. The minimum Gasteiger partial charge on any atom is -0.269 e. The number of halogens is 3. The highest BCUT2D eigenvalue weighted by molar-refractivity contribution is 9.10. The van der Waals surface area contributed by atoms with Crippen LogP contribution in [0.1, 0.15) is 5.56 Å². The van der Waals surface area contributed by atoms with E-state index in [1.165, 1.54) is 23.5 Å². The molecule has 112 valence electrons. The highest BCUT2D eigenvalue weighted by Crippen LogP contribution is 2.35. The normalized spacial score (nSPS) is 11.5. The van der Waals surface area contributed by atoms with Crippen LogP contribution in [0, 0.1) is 6.92 Å². The first-order valence-electron chi connectivity index (χ1n) is 5.93. The second kappa shape index (κ2) is 6.16. The predicted octanol–water partition coefficient (Wildman–Crippen LogP) is 4.89. The van der Waals surface area contributed by atoms with Gasteiger partial charge in [0.2, 0.25) is 0 Å². The molecular weight excluding hydrogens is 397 g/mol. The Kier molecular flexibility index (Phi) is 4.88. The summed E-state index contributed by atoms with van der Waals surface area (Å²) in [5.41, 5.74) is 1.51. The third-order valence-electron chi connectivity index (χ3n) is 2.95. The van der Waals surface area contributed by atoms with E-state index >= 15 is 0 Å². The Labute approximate surface area is 142 Å². The van der Waals surface area contributed by atoms with Crippen molar-refractivity contribution in [3.8, 4) is 0 Å². The van der Waals surface area contributed by atoms with Crippen molar-refractivity contribution in [3.05, 3.63) is 56.5 Å². The van der Waals surface area contributed by atoms with Gasteiger partial charge in [-0.05, 0) is 36.8 Å². The fourth-order valence-corrected chi connectivity index (χ4v) is 4.94. The number of aryl methyl sites for hydroxylation is 1. The monoisotopic (exact) mass is 407 g/mol. The molecule has 0 amide bonds. The van der Waals surface area contributed by atoms with E-state index in [1.54, 1.807) is 18.2 Å². The summed E-state index contributed by atoms with van der Waals surface area (Å²) < 4.78 is 27.3.